The quantitative estimate of drug-likeness (QED) is 0.314. The van der Waals surface area contributed by atoms with Gasteiger partial charge in [-0.3, -0.25) is 14.6 Å². The van der Waals surface area contributed by atoms with Crippen LogP contribution in [0.3, 0.4) is 0 Å². The highest BCUT2D eigenvalue weighted by Crippen LogP contribution is 2.36. The average molecular weight is 563 g/mol. The van der Waals surface area contributed by atoms with E-state index in [1.165, 1.54) is 0 Å². The fourth-order valence-corrected chi connectivity index (χ4v) is 5.37. The van der Waals surface area contributed by atoms with Crippen molar-refractivity contribution in [2.75, 3.05) is 27.2 Å². The standard InChI is InChI=1S/C30H38N6O5/c1-4-21(37)8-6-5-7-9-23(33-27(38)24-17-30(41-35-24)11-14-36(2)15-12-30)29-32-19-26(40-29)22-16-20-10-13-31-18-25(20)34-28(22)39-3/h10,13,16,18-19,23H,4-9,11-12,14-15,17H2,1-3H3,(H,33,38)/t23-/m0/s1. The highest BCUT2D eigenvalue weighted by Gasteiger charge is 2.43. The zero-order chi connectivity index (χ0) is 28.8. The van der Waals surface area contributed by atoms with E-state index in [9.17, 15) is 9.59 Å². The van der Waals surface area contributed by atoms with Crippen LogP contribution in [0.15, 0.2) is 40.3 Å². The van der Waals surface area contributed by atoms with Gasteiger partial charge in [0.25, 0.3) is 5.91 Å². The Morgan fingerprint density at radius 3 is 2.80 bits per heavy atom. The lowest BCUT2D eigenvalue weighted by atomic mass is 9.87. The molecule has 0 bridgehead atoms. The Kier molecular flexibility index (Phi) is 8.92. The third-order valence-corrected chi connectivity index (χ3v) is 8.01. The van der Waals surface area contributed by atoms with Crippen LogP contribution < -0.4 is 10.1 Å². The van der Waals surface area contributed by atoms with Crippen molar-refractivity contribution in [3.05, 3.63) is 36.6 Å². The Morgan fingerprint density at radius 1 is 1.20 bits per heavy atom. The number of hydrogen-bond acceptors (Lipinski definition) is 10. The number of aromatic nitrogens is 3. The smallest absolute Gasteiger partial charge is 0.269 e. The predicted molar refractivity (Wildman–Crippen MR) is 153 cm³/mol. The second kappa shape index (κ2) is 12.8. The number of likely N-dealkylation sites (tertiary alicyclic amines) is 1. The number of nitrogens with one attached hydrogen (secondary N) is 1. The third-order valence-electron chi connectivity index (χ3n) is 8.01. The lowest BCUT2D eigenvalue weighted by molar-refractivity contribution is -0.119. The molecule has 1 N–H and O–H groups in total. The number of ether oxygens (including phenoxy) is 1. The van der Waals surface area contributed by atoms with Crippen LogP contribution in [0.5, 0.6) is 5.88 Å². The summed E-state index contributed by atoms with van der Waals surface area (Å²) in [7, 11) is 3.64. The van der Waals surface area contributed by atoms with Crippen molar-refractivity contribution in [3.63, 3.8) is 0 Å². The van der Waals surface area contributed by atoms with Gasteiger partial charge in [-0.2, -0.15) is 0 Å². The summed E-state index contributed by atoms with van der Waals surface area (Å²) in [4.78, 5) is 46.4. The number of oxazole rings is 1. The molecule has 1 saturated heterocycles. The number of fused-ring (bicyclic) bond motifs is 1. The molecule has 1 amide bonds. The molecule has 0 radical (unpaired) electrons. The minimum absolute atomic E-state index is 0.267. The molecular weight excluding hydrogens is 524 g/mol. The van der Waals surface area contributed by atoms with Crippen molar-refractivity contribution in [3.8, 4) is 17.2 Å². The van der Waals surface area contributed by atoms with Gasteiger partial charge in [0.1, 0.15) is 23.1 Å². The van der Waals surface area contributed by atoms with Crippen molar-refractivity contribution < 1.29 is 23.6 Å². The van der Waals surface area contributed by atoms with Gasteiger partial charge in [-0.05, 0) is 32.0 Å². The summed E-state index contributed by atoms with van der Waals surface area (Å²) in [5.41, 5.74) is 1.37. The first-order valence-electron chi connectivity index (χ1n) is 14.4. The summed E-state index contributed by atoms with van der Waals surface area (Å²) < 4.78 is 11.8. The van der Waals surface area contributed by atoms with Crippen LogP contribution in [0, 0.1) is 0 Å². The minimum atomic E-state index is -0.474. The third kappa shape index (κ3) is 6.73. The average Bonchev–Trinajstić information content (AvgIpc) is 3.65. The van der Waals surface area contributed by atoms with Gasteiger partial charge in [-0.1, -0.05) is 24.9 Å². The Labute approximate surface area is 239 Å². The number of Topliss-reactive ketones (excluding diaryl/α,β-unsaturated/α-hetero) is 1. The van der Waals surface area contributed by atoms with E-state index in [1.54, 1.807) is 25.7 Å². The van der Waals surface area contributed by atoms with Gasteiger partial charge in [-0.15, -0.1) is 0 Å². The Morgan fingerprint density at radius 2 is 2.02 bits per heavy atom. The topological polar surface area (TPSA) is 132 Å². The van der Waals surface area contributed by atoms with Crippen molar-refractivity contribution in [2.24, 2.45) is 5.16 Å². The molecule has 11 nitrogen and oxygen atoms in total. The Bertz CT molecular complexity index is 1410. The lowest BCUT2D eigenvalue weighted by Crippen LogP contribution is -2.44. The summed E-state index contributed by atoms with van der Waals surface area (Å²) in [5.74, 6) is 1.27. The molecule has 218 valence electrons. The van der Waals surface area contributed by atoms with Crippen molar-refractivity contribution in [2.45, 2.75) is 76.4 Å². The number of oxime groups is 1. The van der Waals surface area contributed by atoms with Crippen LogP contribution in [0.2, 0.25) is 0 Å². The van der Waals surface area contributed by atoms with E-state index in [-0.39, 0.29) is 11.7 Å². The first-order valence-corrected chi connectivity index (χ1v) is 14.4. The van der Waals surface area contributed by atoms with Gasteiger partial charge >= 0.3 is 0 Å². The van der Waals surface area contributed by atoms with E-state index in [1.807, 2.05) is 19.1 Å². The van der Waals surface area contributed by atoms with Crippen LogP contribution in [-0.4, -0.2) is 70.1 Å². The number of hydrogen-bond donors (Lipinski definition) is 1. The SMILES string of the molecule is CCC(=O)CCCCC[C@H](NC(=O)C1=NOC2(CCN(C)CC2)C1)c1ncc(-c2cc3ccncc3nc2OC)o1. The molecule has 41 heavy (non-hydrogen) atoms. The molecular formula is C30H38N6O5. The van der Waals surface area contributed by atoms with Crippen LogP contribution in [-0.2, 0) is 14.4 Å². The molecule has 3 aromatic heterocycles. The summed E-state index contributed by atoms with van der Waals surface area (Å²) in [6.45, 7) is 3.71. The van der Waals surface area contributed by atoms with Gasteiger partial charge in [0.2, 0.25) is 11.8 Å². The molecule has 5 heterocycles. The van der Waals surface area contributed by atoms with Crippen LogP contribution >= 0.6 is 0 Å². The maximum Gasteiger partial charge on any atom is 0.269 e. The van der Waals surface area contributed by atoms with E-state index < -0.39 is 11.6 Å². The van der Waals surface area contributed by atoms with Gasteiger partial charge in [-0.25, -0.2) is 9.97 Å². The summed E-state index contributed by atoms with van der Waals surface area (Å²) in [5, 5.41) is 8.19. The first-order chi connectivity index (χ1) is 19.9. The summed E-state index contributed by atoms with van der Waals surface area (Å²) in [6.07, 6.45) is 11.4. The highest BCUT2D eigenvalue weighted by atomic mass is 16.7. The van der Waals surface area contributed by atoms with Crippen molar-refractivity contribution in [1.29, 1.82) is 0 Å². The molecule has 2 aliphatic heterocycles. The van der Waals surface area contributed by atoms with Crippen LogP contribution in [0.4, 0.5) is 0 Å². The molecule has 1 atom stereocenters. The van der Waals surface area contributed by atoms with Gasteiger partial charge in [0.15, 0.2) is 5.76 Å². The number of rotatable bonds is 12. The molecule has 0 aliphatic carbocycles. The number of carbonyl (C=O) groups excluding carboxylic acids is 2. The maximum atomic E-state index is 13.4. The van der Waals surface area contributed by atoms with E-state index in [0.717, 1.165) is 50.6 Å². The molecule has 0 saturated carbocycles. The van der Waals surface area contributed by atoms with Crippen molar-refractivity contribution in [1.82, 2.24) is 25.2 Å². The van der Waals surface area contributed by atoms with Gasteiger partial charge in [0, 0.05) is 56.8 Å². The molecule has 0 unspecified atom stereocenters. The fraction of sp³-hybridized carbons (Fsp3) is 0.533. The predicted octanol–water partition coefficient (Wildman–Crippen LogP) is 4.62. The van der Waals surface area contributed by atoms with Crippen LogP contribution in [0.1, 0.15) is 76.6 Å². The maximum absolute atomic E-state index is 13.4. The molecule has 1 spiro atoms. The second-order valence-electron chi connectivity index (χ2n) is 11.0. The highest BCUT2D eigenvalue weighted by molar-refractivity contribution is 6.39. The molecule has 1 fully saturated rings. The molecule has 5 rings (SSSR count). The number of amides is 1. The molecule has 0 aromatic carbocycles. The zero-order valence-corrected chi connectivity index (χ0v) is 24.0. The van der Waals surface area contributed by atoms with Crippen LogP contribution in [0.25, 0.3) is 22.2 Å². The number of nitrogens with zero attached hydrogens (tertiary/aromatic N) is 5. The van der Waals surface area contributed by atoms with E-state index >= 15 is 0 Å². The lowest BCUT2D eigenvalue weighted by Gasteiger charge is -2.35. The van der Waals surface area contributed by atoms with Crippen molar-refractivity contribution >= 4 is 28.3 Å². The first kappa shape index (κ1) is 28.7. The number of unbranched alkanes of at least 4 members (excludes halogenated alkanes) is 2. The van der Waals surface area contributed by atoms with Gasteiger partial charge < -0.3 is 24.2 Å². The van der Waals surface area contributed by atoms with E-state index in [2.05, 4.69) is 37.4 Å². The second-order valence-corrected chi connectivity index (χ2v) is 11.0. The summed E-state index contributed by atoms with van der Waals surface area (Å²) >= 11 is 0. The fourth-order valence-electron chi connectivity index (χ4n) is 5.37. The monoisotopic (exact) mass is 562 g/mol. The Hall–Kier alpha value is -3.86. The molecule has 3 aromatic rings. The van der Waals surface area contributed by atoms with E-state index in [4.69, 9.17) is 14.0 Å². The summed E-state index contributed by atoms with van der Waals surface area (Å²) in [6, 6.07) is 3.33. The number of ketones is 1. The molecule has 2 aliphatic rings. The van der Waals surface area contributed by atoms with Gasteiger partial charge in [0.05, 0.1) is 30.6 Å². The number of pyridine rings is 2. The number of piperidine rings is 1. The Balaban J connectivity index is 1.32. The zero-order valence-electron chi connectivity index (χ0n) is 24.0. The largest absolute Gasteiger partial charge is 0.480 e. The normalized spacial score (nSPS) is 17.3. The minimum Gasteiger partial charge on any atom is -0.480 e. The number of carbonyl (C=O) groups is 2. The molecule has 11 heteroatoms. The van der Waals surface area contributed by atoms with E-state index in [0.29, 0.717) is 60.0 Å². The number of methoxy groups -OCH3 is 1.